The van der Waals surface area contributed by atoms with Gasteiger partial charge in [-0.25, -0.2) is 27.7 Å². The van der Waals surface area contributed by atoms with Gasteiger partial charge >= 0.3 is 6.18 Å². The zero-order valence-corrected chi connectivity index (χ0v) is 22.6. The summed E-state index contributed by atoms with van der Waals surface area (Å²) in [5, 5.41) is 3.09. The summed E-state index contributed by atoms with van der Waals surface area (Å²) in [4.78, 5) is 20.9. The van der Waals surface area contributed by atoms with Crippen LogP contribution >= 0.6 is 15.9 Å². The van der Waals surface area contributed by atoms with Crippen LogP contribution in [-0.4, -0.2) is 67.6 Å². The highest BCUT2D eigenvalue weighted by atomic mass is 79.9. The van der Waals surface area contributed by atoms with Crippen LogP contribution in [0.3, 0.4) is 0 Å². The minimum absolute atomic E-state index is 0.00821. The molecule has 1 fully saturated rings. The van der Waals surface area contributed by atoms with Crippen molar-refractivity contribution < 1.29 is 21.6 Å². The van der Waals surface area contributed by atoms with Gasteiger partial charge < -0.3 is 9.88 Å². The molecule has 0 bridgehead atoms. The van der Waals surface area contributed by atoms with Crippen molar-refractivity contribution in [1.29, 1.82) is 0 Å². The molecular formula is C23H22BrF3N8O2S. The van der Waals surface area contributed by atoms with Crippen molar-refractivity contribution in [2.75, 3.05) is 24.7 Å². The Kier molecular flexibility index (Phi) is 6.86. The van der Waals surface area contributed by atoms with Crippen LogP contribution in [0, 0.1) is 5.92 Å². The summed E-state index contributed by atoms with van der Waals surface area (Å²) in [6.07, 6.45) is 3.62. The first-order chi connectivity index (χ1) is 17.9. The van der Waals surface area contributed by atoms with Gasteiger partial charge in [-0.15, -0.1) is 0 Å². The Bertz CT molecular complexity index is 1610. The van der Waals surface area contributed by atoms with Crippen molar-refractivity contribution >= 4 is 42.9 Å². The summed E-state index contributed by atoms with van der Waals surface area (Å²) in [5.41, 5.74) is 0.494. The van der Waals surface area contributed by atoms with Gasteiger partial charge in [0.05, 0.1) is 21.9 Å². The second kappa shape index (κ2) is 9.85. The zero-order chi connectivity index (χ0) is 27.2. The van der Waals surface area contributed by atoms with Gasteiger partial charge in [-0.2, -0.15) is 13.2 Å². The fourth-order valence-corrected chi connectivity index (χ4v) is 6.00. The molecule has 15 heteroatoms. The third kappa shape index (κ3) is 5.22. The quantitative estimate of drug-likeness (QED) is 0.358. The molecule has 10 nitrogen and oxygen atoms in total. The number of imidazole rings is 1. The number of benzene rings is 1. The Morgan fingerprint density at radius 2 is 1.89 bits per heavy atom. The number of anilines is 1. The van der Waals surface area contributed by atoms with Crippen molar-refractivity contribution in [3.63, 3.8) is 0 Å². The predicted molar refractivity (Wildman–Crippen MR) is 138 cm³/mol. The average Bonchev–Trinajstić information content (AvgIpc) is 3.34. The molecule has 4 aromatic rings. The fourth-order valence-electron chi connectivity index (χ4n) is 4.41. The summed E-state index contributed by atoms with van der Waals surface area (Å²) in [5.74, 6) is -0.102. The van der Waals surface area contributed by atoms with Crippen LogP contribution in [0.5, 0.6) is 0 Å². The van der Waals surface area contributed by atoms with Gasteiger partial charge in [-0.1, -0.05) is 6.92 Å². The van der Waals surface area contributed by atoms with Gasteiger partial charge in [0.2, 0.25) is 16.0 Å². The number of rotatable bonds is 5. The number of nitrogens with zero attached hydrogens (tertiary/aromatic N) is 7. The summed E-state index contributed by atoms with van der Waals surface area (Å²) in [6.45, 7) is 2.45. The minimum Gasteiger partial charge on any atom is -0.351 e. The Morgan fingerprint density at radius 1 is 1.13 bits per heavy atom. The number of aromatic nitrogens is 6. The molecule has 2 atom stereocenters. The van der Waals surface area contributed by atoms with E-state index < -0.39 is 21.8 Å². The highest BCUT2D eigenvalue weighted by Crippen LogP contribution is 2.36. The van der Waals surface area contributed by atoms with E-state index in [2.05, 4.69) is 46.2 Å². The molecule has 5 rings (SSSR count). The average molecular weight is 611 g/mol. The van der Waals surface area contributed by atoms with Crippen molar-refractivity contribution in [1.82, 2.24) is 33.8 Å². The lowest BCUT2D eigenvalue weighted by Crippen LogP contribution is -2.47. The minimum atomic E-state index is -4.70. The lowest BCUT2D eigenvalue weighted by molar-refractivity contribution is -0.137. The molecule has 0 amide bonds. The molecule has 3 aromatic heterocycles. The van der Waals surface area contributed by atoms with E-state index in [1.165, 1.54) is 16.8 Å². The molecular weight excluding hydrogens is 589 g/mol. The van der Waals surface area contributed by atoms with Gasteiger partial charge in [0.25, 0.3) is 0 Å². The molecule has 1 aliphatic heterocycles. The van der Waals surface area contributed by atoms with Crippen LogP contribution in [0.2, 0.25) is 0 Å². The lowest BCUT2D eigenvalue weighted by Gasteiger charge is -2.35. The SMILES string of the molecule is C[C@@H]1CN(S(C)(=O)=O)CC[C@@H]1Nc1ncc(C(F)(F)F)c(-c2cn(-c3ccc4nccnc4c3Br)cn2)n1. The van der Waals surface area contributed by atoms with Gasteiger partial charge in [0.15, 0.2) is 0 Å². The molecule has 0 aliphatic carbocycles. The Labute approximate surface area is 224 Å². The van der Waals surface area contributed by atoms with E-state index in [0.29, 0.717) is 40.7 Å². The summed E-state index contributed by atoms with van der Waals surface area (Å²) >= 11 is 3.51. The van der Waals surface area contributed by atoms with Gasteiger partial charge in [-0.05, 0) is 40.4 Å². The largest absolute Gasteiger partial charge is 0.420 e. The lowest BCUT2D eigenvalue weighted by atomic mass is 9.95. The van der Waals surface area contributed by atoms with E-state index in [0.717, 1.165) is 12.5 Å². The highest BCUT2D eigenvalue weighted by Gasteiger charge is 2.37. The van der Waals surface area contributed by atoms with Crippen LogP contribution in [0.1, 0.15) is 18.9 Å². The maximum atomic E-state index is 13.9. The van der Waals surface area contributed by atoms with Crippen molar-refractivity contribution in [2.24, 2.45) is 5.92 Å². The molecule has 1 N–H and O–H groups in total. The van der Waals surface area contributed by atoms with Crippen molar-refractivity contribution in [3.8, 4) is 17.1 Å². The summed E-state index contributed by atoms with van der Waals surface area (Å²) in [7, 11) is -3.33. The van der Waals surface area contributed by atoms with Crippen LogP contribution in [0.25, 0.3) is 28.1 Å². The first-order valence-electron chi connectivity index (χ1n) is 11.5. The molecule has 38 heavy (non-hydrogen) atoms. The number of hydrogen-bond acceptors (Lipinski definition) is 8. The second-order valence-corrected chi connectivity index (χ2v) is 11.9. The maximum absolute atomic E-state index is 13.9. The summed E-state index contributed by atoms with van der Waals surface area (Å²) < 4.78 is 69.0. The molecule has 1 aliphatic rings. The van der Waals surface area contributed by atoms with E-state index in [4.69, 9.17) is 0 Å². The standard InChI is InChI=1S/C23H22BrF3N8O2S/c1-13-10-35(38(2,36)37)8-5-15(13)32-22-30-9-14(23(25,26)27)20(33-22)17-11-34(12-31-17)18-4-3-16-21(19(18)24)29-7-6-28-16/h3-4,6-7,9,11-13,15H,5,8,10H2,1-2H3,(H,30,32,33)/t13-,15+/m1/s1. The van der Waals surface area contributed by atoms with Gasteiger partial charge in [-0.3, -0.25) is 9.97 Å². The maximum Gasteiger partial charge on any atom is 0.420 e. The van der Waals surface area contributed by atoms with Gasteiger partial charge in [0, 0.05) is 43.9 Å². The summed E-state index contributed by atoms with van der Waals surface area (Å²) in [6, 6.07) is 3.30. The number of piperidine rings is 1. The molecule has 200 valence electrons. The number of alkyl halides is 3. The number of sulfonamides is 1. The number of nitrogens with one attached hydrogen (secondary N) is 1. The first kappa shape index (κ1) is 26.4. The smallest absolute Gasteiger partial charge is 0.351 e. The number of hydrogen-bond donors (Lipinski definition) is 1. The van der Waals surface area contributed by atoms with E-state index in [1.807, 2.05) is 6.92 Å². The third-order valence-corrected chi connectivity index (χ3v) is 8.46. The van der Waals surface area contributed by atoms with Crippen molar-refractivity contribution in [3.05, 3.63) is 53.3 Å². The molecule has 4 heterocycles. The highest BCUT2D eigenvalue weighted by molar-refractivity contribution is 9.10. The van der Waals surface area contributed by atoms with Crippen LogP contribution < -0.4 is 5.32 Å². The Hall–Kier alpha value is -3.17. The normalized spacial score (nSPS) is 19.1. The molecule has 0 radical (unpaired) electrons. The van der Waals surface area contributed by atoms with E-state index in [1.54, 1.807) is 29.1 Å². The second-order valence-electron chi connectivity index (χ2n) is 9.08. The first-order valence-corrected chi connectivity index (χ1v) is 14.2. The molecule has 0 unspecified atom stereocenters. The van der Waals surface area contributed by atoms with E-state index in [9.17, 15) is 21.6 Å². The number of fused-ring (bicyclic) bond motifs is 1. The molecule has 0 saturated carbocycles. The fraction of sp³-hybridized carbons (Fsp3) is 0.348. The van der Waals surface area contributed by atoms with Crippen molar-refractivity contribution in [2.45, 2.75) is 25.6 Å². The van der Waals surface area contributed by atoms with Crippen LogP contribution in [-0.2, 0) is 16.2 Å². The van der Waals surface area contributed by atoms with Crippen LogP contribution in [0.4, 0.5) is 19.1 Å². The molecule has 1 aromatic carbocycles. The molecule has 0 spiro atoms. The predicted octanol–water partition coefficient (Wildman–Crippen LogP) is 4.14. The van der Waals surface area contributed by atoms with E-state index >= 15 is 0 Å². The molecule has 1 saturated heterocycles. The van der Waals surface area contributed by atoms with E-state index in [-0.39, 0.29) is 29.3 Å². The monoisotopic (exact) mass is 610 g/mol. The van der Waals surface area contributed by atoms with Crippen LogP contribution in [0.15, 0.2) is 47.7 Å². The number of halogens is 4. The Morgan fingerprint density at radius 3 is 2.61 bits per heavy atom. The van der Waals surface area contributed by atoms with Gasteiger partial charge in [0.1, 0.15) is 28.8 Å². The third-order valence-electron chi connectivity index (χ3n) is 6.41. The zero-order valence-electron chi connectivity index (χ0n) is 20.2. The Balaban J connectivity index is 1.47. The topological polar surface area (TPSA) is 119 Å².